The van der Waals surface area contributed by atoms with Gasteiger partial charge < -0.3 is 11.1 Å². The molecule has 1 aromatic carbocycles. The number of hydrogen-bond donors (Lipinski definition) is 2. The van der Waals surface area contributed by atoms with Gasteiger partial charge in [-0.3, -0.25) is 0 Å². The van der Waals surface area contributed by atoms with Crippen molar-refractivity contribution >= 4 is 11.6 Å². The molecule has 3 N–H and O–H groups in total. The molecule has 0 unspecified atom stereocenters. The largest absolute Gasteiger partial charge is 0.383 e. The van der Waals surface area contributed by atoms with Crippen LogP contribution in [0.3, 0.4) is 0 Å². The molecule has 5 nitrogen and oxygen atoms in total. The first-order valence-electron chi connectivity index (χ1n) is 7.79. The second kappa shape index (κ2) is 6.99. The van der Waals surface area contributed by atoms with E-state index in [-0.39, 0.29) is 23.5 Å². The minimum Gasteiger partial charge on any atom is -0.383 e. The molecule has 0 aliphatic carbocycles. The fraction of sp³-hybridized carbons (Fsp3) is 0.167. The molecule has 0 radical (unpaired) electrons. The summed E-state index contributed by atoms with van der Waals surface area (Å²) in [6.07, 6.45) is 3.06. The van der Waals surface area contributed by atoms with Gasteiger partial charge in [0.1, 0.15) is 17.5 Å². The van der Waals surface area contributed by atoms with E-state index < -0.39 is 11.7 Å². The minimum absolute atomic E-state index is 0.0184. The van der Waals surface area contributed by atoms with Crippen molar-refractivity contribution in [3.63, 3.8) is 0 Å². The molecular weight excluding hydrogens is 343 g/mol. The van der Waals surface area contributed by atoms with Crippen LogP contribution in [0.25, 0.3) is 11.4 Å². The number of hydrogen-bond acceptors (Lipinski definition) is 5. The summed E-state index contributed by atoms with van der Waals surface area (Å²) >= 11 is 0. The number of nitrogens with zero attached hydrogens (tertiary/aromatic N) is 3. The first-order valence-corrected chi connectivity index (χ1v) is 7.79. The summed E-state index contributed by atoms with van der Waals surface area (Å²) in [7, 11) is 0. The van der Waals surface area contributed by atoms with Crippen LogP contribution in [0.15, 0.2) is 48.8 Å². The normalized spacial score (nSPS) is 11.4. The molecule has 3 rings (SSSR count). The van der Waals surface area contributed by atoms with Crippen molar-refractivity contribution in [2.45, 2.75) is 19.4 Å². The number of aromatic nitrogens is 3. The van der Waals surface area contributed by atoms with E-state index in [1.54, 1.807) is 24.4 Å². The van der Waals surface area contributed by atoms with Crippen molar-refractivity contribution in [1.82, 2.24) is 15.0 Å². The average molecular weight is 359 g/mol. The lowest BCUT2D eigenvalue weighted by Crippen LogP contribution is -2.14. The Morgan fingerprint density at radius 3 is 2.65 bits per heavy atom. The summed E-state index contributed by atoms with van der Waals surface area (Å²) in [6, 6.07) is 8.21. The predicted octanol–water partition coefficient (Wildman–Crippen LogP) is 3.98. The maximum atomic E-state index is 13.7. The Morgan fingerprint density at radius 1 is 1.12 bits per heavy atom. The van der Waals surface area contributed by atoms with Crippen LogP contribution in [0, 0.1) is 5.82 Å². The van der Waals surface area contributed by atoms with Crippen molar-refractivity contribution in [2.24, 2.45) is 0 Å². The van der Waals surface area contributed by atoms with Crippen molar-refractivity contribution in [3.05, 3.63) is 65.7 Å². The molecule has 0 aliphatic heterocycles. The van der Waals surface area contributed by atoms with Crippen molar-refractivity contribution in [2.75, 3.05) is 11.1 Å². The number of nitrogen functional groups attached to an aromatic ring is 1. The van der Waals surface area contributed by atoms with Crippen LogP contribution in [0.5, 0.6) is 0 Å². The Labute approximate surface area is 148 Å². The van der Waals surface area contributed by atoms with E-state index in [1.807, 2.05) is 0 Å². The average Bonchev–Trinajstić information content (AvgIpc) is 2.59. The maximum Gasteiger partial charge on any atom is 0.270 e. The molecule has 0 saturated heterocycles. The van der Waals surface area contributed by atoms with Gasteiger partial charge in [0.25, 0.3) is 5.92 Å². The number of benzene rings is 1. The van der Waals surface area contributed by atoms with Gasteiger partial charge in [-0.05, 0) is 42.0 Å². The zero-order valence-electron chi connectivity index (χ0n) is 13.9. The quantitative estimate of drug-likeness (QED) is 0.720. The van der Waals surface area contributed by atoms with Crippen LogP contribution in [0.1, 0.15) is 18.1 Å². The topological polar surface area (TPSA) is 76.7 Å². The molecule has 0 bridgehead atoms. The molecule has 26 heavy (non-hydrogen) atoms. The maximum absolute atomic E-state index is 13.7. The number of pyridine rings is 1. The summed E-state index contributed by atoms with van der Waals surface area (Å²) in [5.41, 5.74) is 6.29. The Kier molecular flexibility index (Phi) is 4.75. The molecule has 2 aromatic heterocycles. The molecule has 8 heteroatoms. The minimum atomic E-state index is -3.08. The van der Waals surface area contributed by atoms with Gasteiger partial charge in [0.15, 0.2) is 5.82 Å². The van der Waals surface area contributed by atoms with Crippen molar-refractivity contribution in [3.8, 4) is 11.4 Å². The van der Waals surface area contributed by atoms with E-state index in [0.717, 1.165) is 25.1 Å². The third-order valence-corrected chi connectivity index (χ3v) is 3.74. The fourth-order valence-corrected chi connectivity index (χ4v) is 2.52. The monoisotopic (exact) mass is 359 g/mol. The van der Waals surface area contributed by atoms with Crippen LogP contribution in [0.4, 0.5) is 24.8 Å². The highest BCUT2D eigenvalue weighted by molar-refractivity contribution is 5.68. The zero-order valence-corrected chi connectivity index (χ0v) is 13.9. The Morgan fingerprint density at radius 2 is 1.92 bits per heavy atom. The molecule has 0 fully saturated rings. The first-order chi connectivity index (χ1) is 12.3. The summed E-state index contributed by atoms with van der Waals surface area (Å²) < 4.78 is 40.9. The van der Waals surface area contributed by atoms with E-state index in [4.69, 9.17) is 5.73 Å². The van der Waals surface area contributed by atoms with Gasteiger partial charge in [-0.2, -0.15) is 0 Å². The highest BCUT2D eigenvalue weighted by atomic mass is 19.3. The molecule has 0 atom stereocenters. The van der Waals surface area contributed by atoms with Gasteiger partial charge >= 0.3 is 0 Å². The third kappa shape index (κ3) is 3.90. The van der Waals surface area contributed by atoms with E-state index in [0.29, 0.717) is 17.2 Å². The van der Waals surface area contributed by atoms with Gasteiger partial charge in [0.2, 0.25) is 0 Å². The number of rotatable bonds is 5. The third-order valence-electron chi connectivity index (χ3n) is 3.74. The van der Waals surface area contributed by atoms with Crippen LogP contribution >= 0.6 is 0 Å². The number of nitrogens with two attached hydrogens (primary N) is 1. The standard InChI is InChI=1S/C18H16F3N5/c1-18(20,21)14-5-4-12(19)9-11(14)10-25-15-6-8-24-17(26-15)13-3-2-7-23-16(13)22/h2-9H,10H2,1H3,(H2,22,23)(H,24,25,26). The first kappa shape index (κ1) is 17.7. The highest BCUT2D eigenvalue weighted by Gasteiger charge is 2.27. The van der Waals surface area contributed by atoms with Crippen molar-refractivity contribution < 1.29 is 13.2 Å². The molecular formula is C18H16F3N5. The molecule has 0 spiro atoms. The lowest BCUT2D eigenvalue weighted by molar-refractivity contribution is 0.0165. The van der Waals surface area contributed by atoms with Gasteiger partial charge in [0.05, 0.1) is 5.56 Å². The van der Waals surface area contributed by atoms with Gasteiger partial charge in [0, 0.05) is 31.4 Å². The summed E-state index contributed by atoms with van der Waals surface area (Å²) in [5, 5.41) is 2.92. The summed E-state index contributed by atoms with van der Waals surface area (Å²) in [4.78, 5) is 12.4. The SMILES string of the molecule is CC(F)(F)c1ccc(F)cc1CNc1ccnc(-c2cccnc2N)n1. The van der Waals surface area contributed by atoms with Crippen molar-refractivity contribution in [1.29, 1.82) is 0 Å². The number of halogens is 3. The molecule has 0 saturated carbocycles. The predicted molar refractivity (Wildman–Crippen MR) is 93.0 cm³/mol. The van der Waals surface area contributed by atoms with Gasteiger partial charge in [-0.1, -0.05) is 0 Å². The second-order valence-corrected chi connectivity index (χ2v) is 5.75. The van der Waals surface area contributed by atoms with E-state index >= 15 is 0 Å². The summed E-state index contributed by atoms with van der Waals surface area (Å²) in [6.45, 7) is 0.757. The van der Waals surface area contributed by atoms with E-state index in [9.17, 15) is 13.2 Å². The summed E-state index contributed by atoms with van der Waals surface area (Å²) in [5.74, 6) is -2.64. The Balaban J connectivity index is 1.85. The lowest BCUT2D eigenvalue weighted by Gasteiger charge is -2.16. The number of nitrogens with one attached hydrogen (secondary N) is 1. The van der Waals surface area contributed by atoms with Crippen LogP contribution < -0.4 is 11.1 Å². The molecule has 2 heterocycles. The second-order valence-electron chi connectivity index (χ2n) is 5.75. The van der Waals surface area contributed by atoms with Gasteiger partial charge in [-0.25, -0.2) is 28.1 Å². The van der Waals surface area contributed by atoms with E-state index in [2.05, 4.69) is 20.3 Å². The number of anilines is 2. The van der Waals surface area contributed by atoms with E-state index in [1.165, 1.54) is 6.20 Å². The Bertz CT molecular complexity index is 925. The van der Waals surface area contributed by atoms with Crippen LogP contribution in [-0.2, 0) is 12.5 Å². The zero-order chi connectivity index (χ0) is 18.7. The molecule has 3 aromatic rings. The fourth-order valence-electron chi connectivity index (χ4n) is 2.52. The lowest BCUT2D eigenvalue weighted by atomic mass is 10.0. The molecule has 0 aliphatic rings. The van der Waals surface area contributed by atoms with Crippen LogP contribution in [0.2, 0.25) is 0 Å². The van der Waals surface area contributed by atoms with Crippen LogP contribution in [-0.4, -0.2) is 15.0 Å². The smallest absolute Gasteiger partial charge is 0.270 e. The highest BCUT2D eigenvalue weighted by Crippen LogP contribution is 2.31. The Hall–Kier alpha value is -3.16. The number of alkyl halides is 2. The molecule has 134 valence electrons. The molecule has 0 amide bonds. The van der Waals surface area contributed by atoms with Gasteiger partial charge in [-0.15, -0.1) is 0 Å².